The van der Waals surface area contributed by atoms with Crippen molar-refractivity contribution in [2.24, 2.45) is 5.41 Å². The average Bonchev–Trinajstić information content (AvgIpc) is 2.37. The van der Waals surface area contributed by atoms with Crippen LogP contribution in [0.25, 0.3) is 10.8 Å². The summed E-state index contributed by atoms with van der Waals surface area (Å²) in [5, 5.41) is 2.34. The molecule has 0 fully saturated rings. The summed E-state index contributed by atoms with van der Waals surface area (Å²) in [7, 11) is 3.94. The highest BCUT2D eigenvalue weighted by Gasteiger charge is 2.32. The molecule has 2 rings (SSSR count). The number of hydrogen-bond donors (Lipinski definition) is 0. The average molecular weight is 269 g/mol. The fraction of sp³-hybridized carbons (Fsp3) is 0.389. The number of hydrogen-bond acceptors (Lipinski definition) is 2. The van der Waals surface area contributed by atoms with Gasteiger partial charge in [0.2, 0.25) is 0 Å². The molecule has 1 unspecified atom stereocenters. The van der Waals surface area contributed by atoms with Gasteiger partial charge in [0, 0.05) is 5.41 Å². The van der Waals surface area contributed by atoms with Gasteiger partial charge < -0.3 is 0 Å². The molecule has 2 aromatic rings. The van der Waals surface area contributed by atoms with Gasteiger partial charge in [-0.15, -0.1) is 0 Å². The zero-order valence-electron chi connectivity index (χ0n) is 13.0. The van der Waals surface area contributed by atoms with Gasteiger partial charge in [-0.25, -0.2) is 0 Å². The van der Waals surface area contributed by atoms with Gasteiger partial charge in [-0.2, -0.15) is 0 Å². The molecule has 0 bridgehead atoms. The van der Waals surface area contributed by atoms with Crippen LogP contribution in [0, 0.1) is 5.41 Å². The summed E-state index contributed by atoms with van der Waals surface area (Å²) in [4.78, 5) is 14.8. The number of likely N-dealkylation sites (N-methyl/N-ethyl adjacent to an activating group) is 1. The summed E-state index contributed by atoms with van der Waals surface area (Å²) < 4.78 is 0. The summed E-state index contributed by atoms with van der Waals surface area (Å²) in [6.07, 6.45) is 0. The first-order valence-corrected chi connectivity index (χ1v) is 7.01. The van der Waals surface area contributed by atoms with E-state index in [-0.39, 0.29) is 17.2 Å². The molecule has 106 valence electrons. The highest BCUT2D eigenvalue weighted by Crippen LogP contribution is 2.33. The van der Waals surface area contributed by atoms with Crippen LogP contribution in [0.3, 0.4) is 0 Å². The first-order valence-electron chi connectivity index (χ1n) is 7.01. The number of ketones is 1. The van der Waals surface area contributed by atoms with E-state index >= 15 is 0 Å². The Morgan fingerprint density at radius 1 is 1.00 bits per heavy atom. The lowest BCUT2D eigenvalue weighted by atomic mass is 9.82. The van der Waals surface area contributed by atoms with Gasteiger partial charge in [-0.3, -0.25) is 9.69 Å². The van der Waals surface area contributed by atoms with E-state index in [2.05, 4.69) is 24.3 Å². The fourth-order valence-electron chi connectivity index (χ4n) is 2.55. The van der Waals surface area contributed by atoms with Crippen molar-refractivity contribution in [2.75, 3.05) is 14.1 Å². The molecule has 0 aliphatic heterocycles. The first-order chi connectivity index (χ1) is 9.32. The Morgan fingerprint density at radius 3 is 2.20 bits per heavy atom. The van der Waals surface area contributed by atoms with Crippen LogP contribution in [-0.2, 0) is 4.79 Å². The molecule has 0 spiro atoms. The second-order valence-electron chi connectivity index (χ2n) is 6.55. The maximum Gasteiger partial charge on any atom is 0.159 e. The second-order valence-corrected chi connectivity index (χ2v) is 6.55. The lowest BCUT2D eigenvalue weighted by Crippen LogP contribution is -2.35. The Balaban J connectivity index is 2.62. The summed E-state index contributed by atoms with van der Waals surface area (Å²) in [6, 6.07) is 14.2. The van der Waals surface area contributed by atoms with Gasteiger partial charge >= 0.3 is 0 Å². The van der Waals surface area contributed by atoms with Gasteiger partial charge in [-0.05, 0) is 30.4 Å². The van der Waals surface area contributed by atoms with Crippen LogP contribution < -0.4 is 0 Å². The molecule has 0 aromatic heterocycles. The first kappa shape index (κ1) is 14.7. The molecule has 20 heavy (non-hydrogen) atoms. The summed E-state index contributed by atoms with van der Waals surface area (Å²) in [5.41, 5.74) is 0.735. The molecular weight excluding hydrogens is 246 g/mol. The zero-order chi connectivity index (χ0) is 14.9. The van der Waals surface area contributed by atoms with Crippen LogP contribution in [0.5, 0.6) is 0 Å². The van der Waals surface area contributed by atoms with Gasteiger partial charge in [-0.1, -0.05) is 63.2 Å². The normalized spacial score (nSPS) is 13.7. The highest BCUT2D eigenvalue weighted by atomic mass is 16.1. The third-order valence-corrected chi connectivity index (χ3v) is 3.62. The van der Waals surface area contributed by atoms with Crippen molar-refractivity contribution in [3.63, 3.8) is 0 Å². The van der Waals surface area contributed by atoms with E-state index in [1.165, 1.54) is 5.39 Å². The molecule has 2 nitrogen and oxygen atoms in total. The molecule has 1 atom stereocenters. The summed E-state index contributed by atoms with van der Waals surface area (Å²) in [5.74, 6) is 0.249. The largest absolute Gasteiger partial charge is 0.297 e. The molecule has 0 amide bonds. The van der Waals surface area contributed by atoms with Crippen LogP contribution in [0.1, 0.15) is 32.4 Å². The fourth-order valence-corrected chi connectivity index (χ4v) is 2.55. The van der Waals surface area contributed by atoms with Gasteiger partial charge in [0.1, 0.15) is 0 Å². The molecule has 0 saturated heterocycles. The molecule has 0 N–H and O–H groups in total. The minimum absolute atomic E-state index is 0.207. The predicted molar refractivity (Wildman–Crippen MR) is 84.8 cm³/mol. The number of Topliss-reactive ketones (excluding diaryl/α,β-unsaturated/α-hetero) is 1. The predicted octanol–water partition coefficient (Wildman–Crippen LogP) is 4.06. The standard InChI is InChI=1S/C18H23NO/c1-18(2,3)17(20)16(19(4)5)15-12-8-10-13-9-6-7-11-14(13)15/h6-12,16H,1-5H3. The lowest BCUT2D eigenvalue weighted by molar-refractivity contribution is -0.131. The molecule has 0 heterocycles. The van der Waals surface area contributed by atoms with Gasteiger partial charge in [0.25, 0.3) is 0 Å². The van der Waals surface area contributed by atoms with Crippen LogP contribution in [0.15, 0.2) is 42.5 Å². The van der Waals surface area contributed by atoms with Crippen molar-refractivity contribution in [3.05, 3.63) is 48.0 Å². The summed E-state index contributed by atoms with van der Waals surface area (Å²) in [6.45, 7) is 5.95. The van der Waals surface area contributed by atoms with E-state index in [0.29, 0.717) is 0 Å². The van der Waals surface area contributed by atoms with E-state index < -0.39 is 0 Å². The lowest BCUT2D eigenvalue weighted by Gasteiger charge is -2.30. The zero-order valence-corrected chi connectivity index (χ0v) is 13.0. The molecule has 0 saturated carbocycles. The molecule has 2 heteroatoms. The number of fused-ring (bicyclic) bond motifs is 1. The van der Waals surface area contributed by atoms with Crippen molar-refractivity contribution >= 4 is 16.6 Å². The Bertz CT molecular complexity index is 617. The Kier molecular flexibility index (Phi) is 3.96. The molecule has 0 aliphatic rings. The van der Waals surface area contributed by atoms with Crippen molar-refractivity contribution in [1.29, 1.82) is 0 Å². The van der Waals surface area contributed by atoms with Crippen LogP contribution in [0.2, 0.25) is 0 Å². The van der Waals surface area contributed by atoms with Gasteiger partial charge in [0.15, 0.2) is 5.78 Å². The minimum atomic E-state index is -0.355. The van der Waals surface area contributed by atoms with E-state index in [1.54, 1.807) is 0 Å². The maximum atomic E-state index is 12.8. The van der Waals surface area contributed by atoms with E-state index in [1.807, 2.05) is 58.0 Å². The van der Waals surface area contributed by atoms with Crippen LogP contribution >= 0.6 is 0 Å². The monoisotopic (exact) mass is 269 g/mol. The highest BCUT2D eigenvalue weighted by molar-refractivity contribution is 5.95. The quantitative estimate of drug-likeness (QED) is 0.837. The Labute approximate surface area is 121 Å². The Morgan fingerprint density at radius 2 is 1.60 bits per heavy atom. The molecule has 0 aliphatic carbocycles. The number of benzene rings is 2. The topological polar surface area (TPSA) is 20.3 Å². The molecular formula is C18H23NO. The third kappa shape index (κ3) is 2.75. The molecule has 2 aromatic carbocycles. The van der Waals surface area contributed by atoms with Crippen molar-refractivity contribution < 1.29 is 4.79 Å². The van der Waals surface area contributed by atoms with E-state index in [4.69, 9.17) is 0 Å². The SMILES string of the molecule is CN(C)C(C(=O)C(C)(C)C)c1cccc2ccccc12. The third-order valence-electron chi connectivity index (χ3n) is 3.62. The van der Waals surface area contributed by atoms with Crippen molar-refractivity contribution in [2.45, 2.75) is 26.8 Å². The van der Waals surface area contributed by atoms with Crippen molar-refractivity contribution in [1.82, 2.24) is 4.90 Å². The number of nitrogens with zero attached hydrogens (tertiary/aromatic N) is 1. The summed E-state index contributed by atoms with van der Waals surface area (Å²) >= 11 is 0. The minimum Gasteiger partial charge on any atom is -0.297 e. The number of carbonyl (C=O) groups excluding carboxylic acids is 1. The van der Waals surface area contributed by atoms with Gasteiger partial charge in [0.05, 0.1) is 6.04 Å². The maximum absolute atomic E-state index is 12.8. The number of rotatable bonds is 3. The number of carbonyl (C=O) groups is 1. The second kappa shape index (κ2) is 5.37. The van der Waals surface area contributed by atoms with Crippen LogP contribution in [-0.4, -0.2) is 24.8 Å². The van der Waals surface area contributed by atoms with E-state index in [0.717, 1.165) is 10.9 Å². The molecule has 0 radical (unpaired) electrons. The smallest absolute Gasteiger partial charge is 0.159 e. The van der Waals surface area contributed by atoms with E-state index in [9.17, 15) is 4.79 Å². The Hall–Kier alpha value is -1.67. The van der Waals surface area contributed by atoms with Crippen molar-refractivity contribution in [3.8, 4) is 0 Å². The van der Waals surface area contributed by atoms with Crippen LogP contribution in [0.4, 0.5) is 0 Å².